The molecule has 2 aliphatic rings. The van der Waals surface area contributed by atoms with Crippen LogP contribution in [-0.2, 0) is 4.79 Å². The highest BCUT2D eigenvalue weighted by Crippen LogP contribution is 2.29. The van der Waals surface area contributed by atoms with Crippen LogP contribution in [0.5, 0.6) is 5.75 Å². The zero-order chi connectivity index (χ0) is 27.3. The summed E-state index contributed by atoms with van der Waals surface area (Å²) in [6.45, 7) is 7.14. The van der Waals surface area contributed by atoms with Crippen molar-refractivity contribution in [3.63, 3.8) is 0 Å². The van der Waals surface area contributed by atoms with Gasteiger partial charge in [-0.05, 0) is 87.4 Å². The predicted octanol–water partition coefficient (Wildman–Crippen LogP) is 5.20. The number of hydrogen-bond donors (Lipinski definition) is 1. The Morgan fingerprint density at radius 2 is 1.71 bits per heavy atom. The molecule has 206 valence electrons. The van der Waals surface area contributed by atoms with Crippen LogP contribution in [0.3, 0.4) is 0 Å². The van der Waals surface area contributed by atoms with Gasteiger partial charge in [-0.1, -0.05) is 32.0 Å². The Labute approximate surface area is 224 Å². The molecule has 2 aromatic carbocycles. The lowest BCUT2D eigenvalue weighted by Gasteiger charge is -2.36. The number of amides is 2. The molecule has 2 aromatic rings. The summed E-state index contributed by atoms with van der Waals surface area (Å²) in [6, 6.07) is 11.0. The number of carbonyl (C=O) groups excluding carboxylic acids is 2. The number of ether oxygens (including phenoxy) is 1. The van der Waals surface area contributed by atoms with Gasteiger partial charge >= 0.3 is 0 Å². The zero-order valence-corrected chi connectivity index (χ0v) is 22.4. The molecule has 0 radical (unpaired) electrons. The molecule has 6 nitrogen and oxygen atoms in total. The second-order valence-electron chi connectivity index (χ2n) is 10.7. The van der Waals surface area contributed by atoms with Crippen LogP contribution >= 0.6 is 0 Å². The number of likely N-dealkylation sites (tertiary alicyclic amines) is 2. The molecule has 0 spiro atoms. The SMILES string of the molecule is CCC(F)(CC)CN1CCC(COc2ccc(-c3ccc(C(=O)N4CCCC4C(N)=O)cc3F)cc2)CC1. The van der Waals surface area contributed by atoms with Crippen LogP contribution in [-0.4, -0.2) is 66.1 Å². The summed E-state index contributed by atoms with van der Waals surface area (Å²) in [4.78, 5) is 28.1. The molecule has 38 heavy (non-hydrogen) atoms. The summed E-state index contributed by atoms with van der Waals surface area (Å²) < 4.78 is 35.7. The van der Waals surface area contributed by atoms with Crippen molar-refractivity contribution in [3.8, 4) is 16.9 Å². The molecule has 2 amide bonds. The Hall–Kier alpha value is -3.00. The third-order valence-corrected chi connectivity index (χ3v) is 8.19. The maximum Gasteiger partial charge on any atom is 0.254 e. The smallest absolute Gasteiger partial charge is 0.254 e. The highest BCUT2D eigenvalue weighted by molar-refractivity contribution is 5.98. The number of nitrogens with zero attached hydrogens (tertiary/aromatic N) is 2. The van der Waals surface area contributed by atoms with Gasteiger partial charge in [0.25, 0.3) is 5.91 Å². The van der Waals surface area contributed by atoms with Crippen molar-refractivity contribution in [1.82, 2.24) is 9.80 Å². The van der Waals surface area contributed by atoms with Gasteiger partial charge in [-0.15, -0.1) is 0 Å². The minimum Gasteiger partial charge on any atom is -0.493 e. The average Bonchev–Trinajstić information content (AvgIpc) is 3.43. The van der Waals surface area contributed by atoms with E-state index >= 15 is 0 Å². The first kappa shape index (κ1) is 28.0. The number of primary amides is 1. The number of alkyl halides is 1. The molecule has 2 heterocycles. The fourth-order valence-corrected chi connectivity index (χ4v) is 5.48. The highest BCUT2D eigenvalue weighted by atomic mass is 19.1. The molecular weight excluding hydrogens is 488 g/mol. The second kappa shape index (κ2) is 12.2. The first-order valence-electron chi connectivity index (χ1n) is 13.8. The third kappa shape index (κ3) is 6.52. The first-order chi connectivity index (χ1) is 18.2. The van der Waals surface area contributed by atoms with E-state index < -0.39 is 23.4 Å². The fourth-order valence-electron chi connectivity index (χ4n) is 5.48. The van der Waals surface area contributed by atoms with Crippen molar-refractivity contribution in [1.29, 1.82) is 0 Å². The molecular formula is C30H39F2N3O3. The predicted molar refractivity (Wildman–Crippen MR) is 144 cm³/mol. The number of piperidine rings is 1. The van der Waals surface area contributed by atoms with Gasteiger partial charge < -0.3 is 20.3 Å². The van der Waals surface area contributed by atoms with E-state index in [-0.39, 0.29) is 11.5 Å². The van der Waals surface area contributed by atoms with Crippen molar-refractivity contribution in [2.24, 2.45) is 11.7 Å². The lowest BCUT2D eigenvalue weighted by molar-refractivity contribution is -0.121. The Bertz CT molecular complexity index is 1110. The maximum absolute atomic E-state index is 15.0. The van der Waals surface area contributed by atoms with Gasteiger partial charge in [0.05, 0.1) is 6.61 Å². The van der Waals surface area contributed by atoms with Crippen LogP contribution in [0.4, 0.5) is 8.78 Å². The van der Waals surface area contributed by atoms with Gasteiger partial charge in [0.2, 0.25) is 5.91 Å². The zero-order valence-electron chi connectivity index (χ0n) is 22.4. The van der Waals surface area contributed by atoms with E-state index in [9.17, 15) is 18.4 Å². The molecule has 0 aliphatic carbocycles. The van der Waals surface area contributed by atoms with E-state index in [4.69, 9.17) is 10.5 Å². The quantitative estimate of drug-likeness (QED) is 0.461. The van der Waals surface area contributed by atoms with Crippen LogP contribution in [0.25, 0.3) is 11.1 Å². The Balaban J connectivity index is 1.30. The van der Waals surface area contributed by atoms with E-state index in [1.54, 1.807) is 24.3 Å². The number of nitrogens with two attached hydrogens (primary N) is 1. The minimum absolute atomic E-state index is 0.201. The van der Waals surface area contributed by atoms with Gasteiger partial charge in [0, 0.05) is 24.2 Å². The summed E-state index contributed by atoms with van der Waals surface area (Å²) >= 11 is 0. The van der Waals surface area contributed by atoms with Crippen LogP contribution in [0.2, 0.25) is 0 Å². The number of benzene rings is 2. The summed E-state index contributed by atoms with van der Waals surface area (Å²) in [5.41, 5.74) is 5.59. The largest absolute Gasteiger partial charge is 0.493 e. The second-order valence-corrected chi connectivity index (χ2v) is 10.7. The summed E-state index contributed by atoms with van der Waals surface area (Å²) in [5.74, 6) is -0.279. The number of hydrogen-bond acceptors (Lipinski definition) is 4. The molecule has 0 aromatic heterocycles. The number of carbonyl (C=O) groups is 2. The maximum atomic E-state index is 15.0. The lowest BCUT2D eigenvalue weighted by Crippen LogP contribution is -2.44. The minimum atomic E-state index is -1.09. The summed E-state index contributed by atoms with van der Waals surface area (Å²) in [5, 5.41) is 0. The molecule has 0 saturated carbocycles. The number of halogens is 2. The van der Waals surface area contributed by atoms with Crippen LogP contribution in [0.15, 0.2) is 42.5 Å². The average molecular weight is 528 g/mol. The Morgan fingerprint density at radius 3 is 2.32 bits per heavy atom. The van der Waals surface area contributed by atoms with Gasteiger partial charge in [-0.2, -0.15) is 0 Å². The molecule has 2 N–H and O–H groups in total. The molecule has 1 atom stereocenters. The van der Waals surface area contributed by atoms with Crippen molar-refractivity contribution < 1.29 is 23.1 Å². The molecule has 0 bridgehead atoms. The first-order valence-corrected chi connectivity index (χ1v) is 13.8. The van der Waals surface area contributed by atoms with Gasteiger partial charge in [-0.3, -0.25) is 9.59 Å². The number of rotatable bonds is 10. The molecule has 8 heteroatoms. The highest BCUT2D eigenvalue weighted by Gasteiger charge is 2.33. The Kier molecular flexibility index (Phi) is 9.03. The van der Waals surface area contributed by atoms with Crippen molar-refractivity contribution in [2.75, 3.05) is 32.8 Å². The van der Waals surface area contributed by atoms with Crippen molar-refractivity contribution in [2.45, 2.75) is 64.1 Å². The molecule has 2 fully saturated rings. The van der Waals surface area contributed by atoms with E-state index in [2.05, 4.69) is 4.90 Å². The standard InChI is InChI=1S/C30H39F2N3O3/c1-3-30(32,4-2)20-34-16-13-21(14-17-34)19-38-24-10-7-22(8-11-24)25-12-9-23(18-26(25)31)29(37)35-15-5-6-27(35)28(33)36/h7-12,18,21,27H,3-6,13-17,19-20H2,1-2H3,(H2,33,36). The van der Waals surface area contributed by atoms with E-state index in [0.29, 0.717) is 62.4 Å². The normalized spacial score (nSPS) is 19.1. The molecule has 1 unspecified atom stereocenters. The van der Waals surface area contributed by atoms with Gasteiger partial charge in [0.15, 0.2) is 0 Å². The van der Waals surface area contributed by atoms with Crippen LogP contribution in [0, 0.1) is 11.7 Å². The third-order valence-electron chi connectivity index (χ3n) is 8.19. The lowest BCUT2D eigenvalue weighted by atomic mass is 9.94. The van der Waals surface area contributed by atoms with E-state index in [1.807, 2.05) is 26.0 Å². The monoisotopic (exact) mass is 527 g/mol. The van der Waals surface area contributed by atoms with Crippen LogP contribution in [0.1, 0.15) is 62.7 Å². The Morgan fingerprint density at radius 1 is 1.03 bits per heavy atom. The van der Waals surface area contributed by atoms with E-state index in [0.717, 1.165) is 31.7 Å². The topological polar surface area (TPSA) is 75.9 Å². The summed E-state index contributed by atoms with van der Waals surface area (Å²) in [6.07, 6.45) is 4.29. The molecule has 2 saturated heterocycles. The van der Waals surface area contributed by atoms with Gasteiger partial charge in [0.1, 0.15) is 23.3 Å². The van der Waals surface area contributed by atoms with Crippen LogP contribution < -0.4 is 10.5 Å². The van der Waals surface area contributed by atoms with Crippen molar-refractivity contribution in [3.05, 3.63) is 53.8 Å². The fraction of sp³-hybridized carbons (Fsp3) is 0.533. The van der Waals surface area contributed by atoms with E-state index in [1.165, 1.54) is 11.0 Å². The molecule has 2 aliphatic heterocycles. The summed E-state index contributed by atoms with van der Waals surface area (Å²) in [7, 11) is 0. The van der Waals surface area contributed by atoms with Gasteiger partial charge in [-0.25, -0.2) is 8.78 Å². The molecule has 4 rings (SSSR count). The van der Waals surface area contributed by atoms with Crippen molar-refractivity contribution >= 4 is 11.8 Å².